The number of nitrogens with one attached hydrogen (secondary N) is 5. The maximum atomic E-state index is 16.1. The molecule has 0 bridgehead atoms. The summed E-state index contributed by atoms with van der Waals surface area (Å²) in [5.41, 5.74) is -2.30. The number of hydrogen-bond donors (Lipinski definition) is 5. The van der Waals surface area contributed by atoms with E-state index in [1.165, 1.54) is 30.6 Å². The first-order chi connectivity index (χ1) is 33.8. The lowest BCUT2D eigenvalue weighted by molar-refractivity contribution is -0.138. The van der Waals surface area contributed by atoms with Gasteiger partial charge in [-0.3, -0.25) is 53.5 Å². The van der Waals surface area contributed by atoms with Crippen molar-refractivity contribution in [3.8, 4) is 11.1 Å². The number of halogens is 4. The van der Waals surface area contributed by atoms with Crippen molar-refractivity contribution < 1.29 is 51.1 Å². The molecule has 3 fully saturated rings. The van der Waals surface area contributed by atoms with Crippen molar-refractivity contribution in [2.24, 2.45) is 0 Å². The van der Waals surface area contributed by atoms with Gasteiger partial charge in [0.25, 0.3) is 17.7 Å². The van der Waals surface area contributed by atoms with E-state index in [9.17, 15) is 51.5 Å². The van der Waals surface area contributed by atoms with Gasteiger partial charge in [-0.1, -0.05) is 6.07 Å². The third kappa shape index (κ3) is 10.6. The van der Waals surface area contributed by atoms with Gasteiger partial charge in [0, 0.05) is 125 Å². The third-order valence-corrected chi connectivity index (χ3v) is 13.2. The van der Waals surface area contributed by atoms with E-state index >= 15 is 4.39 Å². The summed E-state index contributed by atoms with van der Waals surface area (Å²) >= 11 is 0. The quantitative estimate of drug-likeness (QED) is 0.0736. The first kappa shape index (κ1) is 49.7. The normalized spacial score (nSPS) is 19.7. The fraction of sp³-hybridized carbons (Fsp3) is 0.404. The molecule has 7 amide bonds. The number of benzene rings is 2. The zero-order valence-corrected chi connectivity index (χ0v) is 38.8. The lowest BCUT2D eigenvalue weighted by atomic mass is 10.0. The Bertz CT molecular complexity index is 2840. The van der Waals surface area contributed by atoms with Crippen LogP contribution < -0.4 is 36.6 Å². The summed E-state index contributed by atoms with van der Waals surface area (Å²) in [6.07, 6.45) is -1.69. The Hall–Kier alpha value is -7.76. The first-order valence-electron chi connectivity index (χ1n) is 22.9. The molecule has 2 aromatic carbocycles. The largest absolute Gasteiger partial charge is 0.417 e. The first-order valence-corrected chi connectivity index (χ1v) is 22.9. The average molecular weight is 987 g/mol. The standard InChI is InChI=1S/C47H50F4N12O8/c1-25-23-62(24-26(2)59(25)3)36-19-32(48)29(17-34(36)57-42(68)30-22-54-39(66)18-31(30)47(49,50)51)27-20-55-46(56-21-27)61-15-13-60(14-16-61)40(67)10-9-37(64)53-12-11-52-33-6-4-5-28-41(33)45(71)63(44(28)70)35-7-8-38(65)58-43(35)69/h4-6,17-22,25-26,35,52H,7-16,23-24H2,1-3H3,(H,53,64)(H,54,66)(H,57,68)(H,58,65,69)/t25-,26+,35?. The molecule has 0 saturated carbocycles. The number of aromatic amines is 1. The Balaban J connectivity index is 0.842. The highest BCUT2D eigenvalue weighted by Crippen LogP contribution is 2.38. The number of alkyl halides is 3. The second-order valence-corrected chi connectivity index (χ2v) is 17.8. The molecule has 0 aliphatic carbocycles. The van der Waals surface area contributed by atoms with Crippen molar-refractivity contribution in [1.29, 1.82) is 0 Å². The molecule has 5 N–H and O–H groups in total. The van der Waals surface area contributed by atoms with Crippen LogP contribution in [0, 0.1) is 5.82 Å². The molecule has 3 atom stereocenters. The van der Waals surface area contributed by atoms with E-state index in [1.807, 2.05) is 30.7 Å². The molecular formula is C47H50F4N12O8. The van der Waals surface area contributed by atoms with Crippen LogP contribution in [0.25, 0.3) is 11.1 Å². The minimum Gasteiger partial charge on any atom is -0.383 e. The van der Waals surface area contributed by atoms with Crippen molar-refractivity contribution in [2.45, 2.75) is 63.8 Å². The second-order valence-electron chi connectivity index (χ2n) is 17.8. The molecule has 0 spiro atoms. The summed E-state index contributed by atoms with van der Waals surface area (Å²) in [6.45, 7) is 6.38. The van der Waals surface area contributed by atoms with Gasteiger partial charge in [0.15, 0.2) is 0 Å². The Labute approximate surface area is 403 Å². The number of hydrogen-bond acceptors (Lipinski definition) is 14. The van der Waals surface area contributed by atoms with Crippen LogP contribution in [0.3, 0.4) is 0 Å². The van der Waals surface area contributed by atoms with Gasteiger partial charge in [-0.2, -0.15) is 13.2 Å². The molecule has 4 aromatic rings. The topological polar surface area (TPSA) is 242 Å². The van der Waals surface area contributed by atoms with Crippen LogP contribution in [0.2, 0.25) is 0 Å². The summed E-state index contributed by atoms with van der Waals surface area (Å²) in [6, 6.07) is 6.40. The van der Waals surface area contributed by atoms with E-state index in [1.54, 1.807) is 17.0 Å². The van der Waals surface area contributed by atoms with Gasteiger partial charge < -0.3 is 35.6 Å². The smallest absolute Gasteiger partial charge is 0.383 e. The molecule has 4 aliphatic heterocycles. The predicted octanol–water partition coefficient (Wildman–Crippen LogP) is 2.83. The summed E-state index contributed by atoms with van der Waals surface area (Å²) in [4.78, 5) is 121. The number of H-pyrrole nitrogens is 1. The Morgan fingerprint density at radius 3 is 2.23 bits per heavy atom. The SMILES string of the molecule is C[C@@H]1CN(c2cc(F)c(-c3cnc(N4CCN(C(=O)CCC(=O)NCCNc5cccc6c5C(=O)N(C5CCC(=O)NC5=O)C6=O)CC4)nc3)cc2NC(=O)c2c[nH]c(=O)cc2C(F)(F)F)C[C@H](C)N1C. The average Bonchev–Trinajstić information content (AvgIpc) is 3.59. The molecule has 2 aromatic heterocycles. The van der Waals surface area contributed by atoms with Gasteiger partial charge >= 0.3 is 6.18 Å². The zero-order valence-electron chi connectivity index (χ0n) is 38.8. The number of imide groups is 2. The molecule has 0 radical (unpaired) electrons. The number of fused-ring (bicyclic) bond motifs is 1. The summed E-state index contributed by atoms with van der Waals surface area (Å²) in [5, 5.41) is 10.5. The van der Waals surface area contributed by atoms with Crippen LogP contribution in [0.4, 0.5) is 40.6 Å². The number of piperazine rings is 2. The maximum Gasteiger partial charge on any atom is 0.417 e. The Morgan fingerprint density at radius 2 is 1.55 bits per heavy atom. The molecule has 8 rings (SSSR count). The third-order valence-electron chi connectivity index (χ3n) is 13.2. The molecule has 1 unspecified atom stereocenters. The van der Waals surface area contributed by atoms with E-state index in [2.05, 4.69) is 41.1 Å². The monoisotopic (exact) mass is 986 g/mol. The summed E-state index contributed by atoms with van der Waals surface area (Å²) in [5.74, 6) is -4.69. The number of rotatable bonds is 13. The fourth-order valence-corrected chi connectivity index (χ4v) is 9.14. The molecule has 24 heteroatoms. The van der Waals surface area contributed by atoms with Gasteiger partial charge in [0.05, 0.1) is 33.6 Å². The number of carbonyl (C=O) groups excluding carboxylic acids is 7. The number of anilines is 4. The van der Waals surface area contributed by atoms with Crippen LogP contribution >= 0.6 is 0 Å². The number of nitrogens with zero attached hydrogens (tertiary/aromatic N) is 7. The number of amides is 7. The van der Waals surface area contributed by atoms with Gasteiger partial charge in [0.1, 0.15) is 11.9 Å². The van der Waals surface area contributed by atoms with Crippen LogP contribution in [-0.4, -0.2) is 149 Å². The van der Waals surface area contributed by atoms with E-state index in [0.717, 1.165) is 4.90 Å². The van der Waals surface area contributed by atoms with Crippen molar-refractivity contribution in [3.05, 3.63) is 93.4 Å². The Kier molecular flexibility index (Phi) is 14.2. The highest BCUT2D eigenvalue weighted by Gasteiger charge is 2.46. The van der Waals surface area contributed by atoms with E-state index < -0.39 is 64.3 Å². The molecule has 3 saturated heterocycles. The maximum absolute atomic E-state index is 16.1. The lowest BCUT2D eigenvalue weighted by Gasteiger charge is -2.44. The van der Waals surface area contributed by atoms with Crippen molar-refractivity contribution >= 4 is 64.4 Å². The lowest BCUT2D eigenvalue weighted by Crippen LogP contribution is -2.55. The molecular weight excluding hydrogens is 937 g/mol. The summed E-state index contributed by atoms with van der Waals surface area (Å²) in [7, 11) is 1.95. The van der Waals surface area contributed by atoms with E-state index in [-0.39, 0.29) is 96.3 Å². The number of likely N-dealkylation sites (N-methyl/N-ethyl adjacent to an activating group) is 1. The minimum atomic E-state index is -5.01. The minimum absolute atomic E-state index is 0.00629. The highest BCUT2D eigenvalue weighted by molar-refractivity contribution is 6.25. The number of piperidine rings is 1. The number of carbonyl (C=O) groups is 7. The van der Waals surface area contributed by atoms with Crippen molar-refractivity contribution in [2.75, 3.05) is 79.8 Å². The van der Waals surface area contributed by atoms with Gasteiger partial charge in [-0.05, 0) is 51.6 Å². The van der Waals surface area contributed by atoms with Crippen LogP contribution in [-0.2, 0) is 25.4 Å². The number of pyridine rings is 1. The molecule has 71 heavy (non-hydrogen) atoms. The highest BCUT2D eigenvalue weighted by atomic mass is 19.4. The zero-order chi connectivity index (χ0) is 50.9. The van der Waals surface area contributed by atoms with Crippen molar-refractivity contribution in [1.82, 2.24) is 40.3 Å². The van der Waals surface area contributed by atoms with Crippen LogP contribution in [0.1, 0.15) is 76.2 Å². The molecule has 6 heterocycles. The van der Waals surface area contributed by atoms with Gasteiger partial charge in [-0.25, -0.2) is 14.4 Å². The van der Waals surface area contributed by atoms with Crippen molar-refractivity contribution in [3.63, 3.8) is 0 Å². The Morgan fingerprint density at radius 1 is 0.845 bits per heavy atom. The van der Waals surface area contributed by atoms with Gasteiger partial charge in [-0.15, -0.1) is 0 Å². The van der Waals surface area contributed by atoms with E-state index in [0.29, 0.717) is 63.2 Å². The molecule has 20 nitrogen and oxygen atoms in total. The summed E-state index contributed by atoms with van der Waals surface area (Å²) < 4.78 is 58.0. The van der Waals surface area contributed by atoms with Crippen LogP contribution in [0.15, 0.2) is 59.8 Å². The molecule has 4 aliphatic rings. The number of aromatic nitrogens is 3. The van der Waals surface area contributed by atoms with Gasteiger partial charge in [0.2, 0.25) is 35.1 Å². The second kappa shape index (κ2) is 20.3. The van der Waals surface area contributed by atoms with Crippen LogP contribution in [0.5, 0.6) is 0 Å². The molecule has 374 valence electrons. The fourth-order valence-electron chi connectivity index (χ4n) is 9.14. The van der Waals surface area contributed by atoms with E-state index in [4.69, 9.17) is 0 Å². The predicted molar refractivity (Wildman–Crippen MR) is 249 cm³/mol.